The predicted octanol–water partition coefficient (Wildman–Crippen LogP) is 6.38. The highest BCUT2D eigenvalue weighted by Crippen LogP contribution is 2.29. The molecule has 0 aromatic heterocycles. The molecule has 0 fully saturated rings. The zero-order valence-electron chi connectivity index (χ0n) is 19.8. The van der Waals surface area contributed by atoms with E-state index in [0.717, 1.165) is 49.2 Å². The van der Waals surface area contributed by atoms with Gasteiger partial charge in [-0.2, -0.15) is 0 Å². The minimum absolute atomic E-state index is 0.382. The Hall–Kier alpha value is -2.34. The van der Waals surface area contributed by atoms with Crippen LogP contribution in [0.15, 0.2) is 52.4 Å². The number of hydrogen-bond donors (Lipinski definition) is 1. The van der Waals surface area contributed by atoms with Crippen molar-refractivity contribution in [3.63, 3.8) is 0 Å². The van der Waals surface area contributed by atoms with Crippen LogP contribution in [0.2, 0.25) is 0 Å². The molecule has 0 heterocycles. The number of hydrogen-bond acceptors (Lipinski definition) is 4. The van der Waals surface area contributed by atoms with Crippen molar-refractivity contribution in [2.45, 2.75) is 70.6 Å². The third-order valence-corrected chi connectivity index (χ3v) is 6.59. The van der Waals surface area contributed by atoms with Crippen LogP contribution in [-0.2, 0) is 10.8 Å². The Balaban J connectivity index is 2.16. The fourth-order valence-corrected chi connectivity index (χ4v) is 4.31. The molecule has 0 amide bonds. The van der Waals surface area contributed by atoms with Gasteiger partial charge in [0.15, 0.2) is 0 Å². The zero-order chi connectivity index (χ0) is 23.2. The topological polar surface area (TPSA) is 73.9 Å². The third-order valence-electron chi connectivity index (χ3n) is 4.99. The molecule has 2 N–H and O–H groups in total. The van der Waals surface area contributed by atoms with Gasteiger partial charge >= 0.3 is 0 Å². The highest BCUT2D eigenvalue weighted by atomic mass is 32.2. The first-order valence-electron chi connectivity index (χ1n) is 11.8. The van der Waals surface area contributed by atoms with Gasteiger partial charge in [0.25, 0.3) is 0 Å². The second-order valence-corrected chi connectivity index (χ2v) is 9.35. The van der Waals surface area contributed by atoms with Crippen molar-refractivity contribution < 1.29 is 13.7 Å². The maximum Gasteiger partial charge on any atom is 0.131 e. The van der Waals surface area contributed by atoms with Gasteiger partial charge in [0.05, 0.1) is 34.6 Å². The van der Waals surface area contributed by atoms with E-state index in [1.807, 2.05) is 49.4 Å². The molecule has 0 aliphatic carbocycles. The number of unbranched alkanes of at least 4 members (excludes halogenated alkanes) is 4. The van der Waals surface area contributed by atoms with Crippen LogP contribution in [-0.4, -0.2) is 29.0 Å². The first-order chi connectivity index (χ1) is 15.6. The van der Waals surface area contributed by atoms with Crippen molar-refractivity contribution in [1.29, 1.82) is 0 Å². The van der Waals surface area contributed by atoms with Crippen molar-refractivity contribution in [2.24, 2.45) is 10.7 Å². The van der Waals surface area contributed by atoms with Crippen LogP contribution in [0.25, 0.3) is 0 Å². The van der Waals surface area contributed by atoms with Crippen LogP contribution in [0.4, 0.5) is 5.69 Å². The van der Waals surface area contributed by atoms with Crippen molar-refractivity contribution in [3.05, 3.63) is 48.0 Å². The molecule has 0 radical (unpaired) electrons. The van der Waals surface area contributed by atoms with Crippen molar-refractivity contribution >= 4 is 22.3 Å². The van der Waals surface area contributed by atoms with Gasteiger partial charge in [0.2, 0.25) is 0 Å². The Bertz CT molecular complexity index is 866. The number of aliphatic imine (C=N–C) groups is 1. The Kier molecular flexibility index (Phi) is 11.9. The number of amidine groups is 1. The second kappa shape index (κ2) is 14.7. The molecular formula is C26H38N2O3S. The van der Waals surface area contributed by atoms with E-state index in [1.54, 1.807) is 0 Å². The van der Waals surface area contributed by atoms with E-state index in [4.69, 9.17) is 15.2 Å². The summed E-state index contributed by atoms with van der Waals surface area (Å²) in [5.41, 5.74) is 7.71. The lowest BCUT2D eigenvalue weighted by Crippen LogP contribution is -2.13. The minimum Gasteiger partial charge on any atom is -0.494 e. The Morgan fingerprint density at radius 3 is 2.19 bits per heavy atom. The number of rotatable bonds is 15. The average Bonchev–Trinajstić information content (AvgIpc) is 2.80. The van der Waals surface area contributed by atoms with Gasteiger partial charge in [-0.25, -0.2) is 4.99 Å². The van der Waals surface area contributed by atoms with Gasteiger partial charge in [-0.05, 0) is 61.7 Å². The third kappa shape index (κ3) is 8.65. The molecule has 0 spiro atoms. The Morgan fingerprint density at radius 2 is 1.50 bits per heavy atom. The smallest absolute Gasteiger partial charge is 0.131 e. The van der Waals surface area contributed by atoms with Gasteiger partial charge < -0.3 is 15.2 Å². The minimum atomic E-state index is -1.16. The fourth-order valence-electron chi connectivity index (χ4n) is 3.12. The Labute approximate surface area is 195 Å². The zero-order valence-corrected chi connectivity index (χ0v) is 20.6. The number of benzene rings is 2. The van der Waals surface area contributed by atoms with E-state index in [9.17, 15) is 4.21 Å². The lowest BCUT2D eigenvalue weighted by atomic mass is 10.2. The number of nitrogens with zero attached hydrogens (tertiary/aromatic N) is 1. The lowest BCUT2D eigenvalue weighted by molar-refractivity contribution is 0.304. The van der Waals surface area contributed by atoms with Crippen LogP contribution in [0.1, 0.15) is 71.3 Å². The predicted molar refractivity (Wildman–Crippen MR) is 135 cm³/mol. The Morgan fingerprint density at radius 1 is 0.844 bits per heavy atom. The molecule has 1 atom stereocenters. The molecule has 0 saturated carbocycles. The molecule has 2 aromatic carbocycles. The quantitative estimate of drug-likeness (QED) is 0.191. The van der Waals surface area contributed by atoms with Crippen LogP contribution in [0.5, 0.6) is 11.5 Å². The number of ether oxygens (including phenoxy) is 2. The van der Waals surface area contributed by atoms with Gasteiger partial charge in [0, 0.05) is 11.3 Å². The summed E-state index contributed by atoms with van der Waals surface area (Å²) < 4.78 is 24.5. The molecule has 176 valence electrons. The molecule has 1 unspecified atom stereocenters. The summed E-state index contributed by atoms with van der Waals surface area (Å²) in [6, 6.07) is 13.2. The molecule has 2 aromatic rings. The largest absolute Gasteiger partial charge is 0.494 e. The molecular weight excluding hydrogens is 420 g/mol. The first kappa shape index (κ1) is 25.9. The van der Waals surface area contributed by atoms with Gasteiger partial charge in [-0.3, -0.25) is 4.21 Å². The van der Waals surface area contributed by atoms with Crippen molar-refractivity contribution in [2.75, 3.05) is 19.0 Å². The summed E-state index contributed by atoms with van der Waals surface area (Å²) in [6.45, 7) is 7.72. The van der Waals surface area contributed by atoms with E-state index in [2.05, 4.69) is 18.8 Å². The molecule has 2 rings (SSSR count). The van der Waals surface area contributed by atoms with Crippen molar-refractivity contribution in [1.82, 2.24) is 0 Å². The molecule has 0 aliphatic rings. The van der Waals surface area contributed by atoms with Gasteiger partial charge in [0.1, 0.15) is 17.3 Å². The molecule has 5 nitrogen and oxygen atoms in total. The van der Waals surface area contributed by atoms with Crippen LogP contribution < -0.4 is 15.2 Å². The van der Waals surface area contributed by atoms with E-state index >= 15 is 0 Å². The molecule has 0 aliphatic heterocycles. The van der Waals surface area contributed by atoms with Crippen LogP contribution >= 0.6 is 0 Å². The second-order valence-electron chi connectivity index (χ2n) is 7.81. The summed E-state index contributed by atoms with van der Waals surface area (Å²) in [5, 5.41) is 0. The maximum absolute atomic E-state index is 12.8. The summed E-state index contributed by atoms with van der Waals surface area (Å²) in [4.78, 5) is 5.27. The maximum atomic E-state index is 12.8. The average molecular weight is 459 g/mol. The van der Waals surface area contributed by atoms with E-state index in [-0.39, 0.29) is 0 Å². The molecule has 0 saturated heterocycles. The fraction of sp³-hybridized carbons (Fsp3) is 0.500. The summed E-state index contributed by atoms with van der Waals surface area (Å²) in [7, 11) is -1.16. The molecule has 32 heavy (non-hydrogen) atoms. The van der Waals surface area contributed by atoms with Gasteiger partial charge in [-0.1, -0.05) is 46.5 Å². The van der Waals surface area contributed by atoms with Gasteiger partial charge in [-0.15, -0.1) is 0 Å². The summed E-state index contributed by atoms with van der Waals surface area (Å²) in [5.74, 6) is 2.51. The normalized spacial score (nSPS) is 12.5. The van der Waals surface area contributed by atoms with E-state index < -0.39 is 10.8 Å². The number of nitrogens with two attached hydrogens (primary N) is 1. The van der Waals surface area contributed by atoms with Crippen LogP contribution in [0.3, 0.4) is 0 Å². The van der Waals surface area contributed by atoms with E-state index in [1.165, 1.54) is 12.8 Å². The lowest BCUT2D eigenvalue weighted by Gasteiger charge is -2.11. The highest BCUT2D eigenvalue weighted by Gasteiger charge is 2.12. The monoisotopic (exact) mass is 458 g/mol. The molecule has 0 bridgehead atoms. The summed E-state index contributed by atoms with van der Waals surface area (Å²) in [6.07, 6.45) is 7.55. The first-order valence-corrected chi connectivity index (χ1v) is 13.1. The SMILES string of the molecule is CCCCCCOc1ccc(N=C(N)c2ccc(OCCCC)cc2)c(S(=O)CCC)c1. The summed E-state index contributed by atoms with van der Waals surface area (Å²) >= 11 is 0. The van der Waals surface area contributed by atoms with Crippen LogP contribution in [0, 0.1) is 0 Å². The molecule has 6 heteroatoms. The highest BCUT2D eigenvalue weighted by molar-refractivity contribution is 7.85. The van der Waals surface area contributed by atoms with E-state index in [0.29, 0.717) is 35.4 Å². The standard InChI is InChI=1S/C26H38N2O3S/c1-4-7-9-10-18-31-23-15-16-24(25(20-23)32(29)19-6-3)28-26(27)21-11-13-22(14-12-21)30-17-8-5-2/h11-16,20H,4-10,17-19H2,1-3H3,(H2,27,28). The van der Waals surface area contributed by atoms with Crippen molar-refractivity contribution in [3.8, 4) is 11.5 Å².